The van der Waals surface area contributed by atoms with Crippen molar-refractivity contribution in [1.82, 2.24) is 0 Å². The zero-order chi connectivity index (χ0) is 46.3. The van der Waals surface area contributed by atoms with Gasteiger partial charge < -0.3 is 34.7 Å². The van der Waals surface area contributed by atoms with E-state index in [1.54, 1.807) is 6.08 Å². The molecule has 2 rings (SSSR count). The summed E-state index contributed by atoms with van der Waals surface area (Å²) < 4.78 is 39.1. The number of phosphoric acid groups is 1. The summed E-state index contributed by atoms with van der Waals surface area (Å²) in [5.74, 6) is 0.816. The van der Waals surface area contributed by atoms with Crippen LogP contribution in [0.2, 0.25) is 0 Å². The Morgan fingerprint density at radius 1 is 0.778 bits per heavy atom. The van der Waals surface area contributed by atoms with Crippen molar-refractivity contribution in [3.8, 4) is 0 Å². The molecule has 63 heavy (non-hydrogen) atoms. The van der Waals surface area contributed by atoms with Crippen LogP contribution < -0.4 is 5.73 Å². The van der Waals surface area contributed by atoms with Crippen molar-refractivity contribution in [1.29, 1.82) is 0 Å². The third-order valence-corrected chi connectivity index (χ3v) is 13.2. The lowest BCUT2D eigenvalue weighted by Crippen LogP contribution is -2.29. The first kappa shape index (κ1) is 56.7. The molecule has 1 fully saturated rings. The van der Waals surface area contributed by atoms with E-state index in [0.29, 0.717) is 25.7 Å². The number of phosphoric ester groups is 1. The first-order valence-corrected chi connectivity index (χ1v) is 26.1. The van der Waals surface area contributed by atoms with Gasteiger partial charge in [0, 0.05) is 50.5 Å². The highest BCUT2D eigenvalue weighted by Crippen LogP contribution is 2.43. The fraction of sp³-hybridized carbons (Fsp3) is 0.816. The summed E-state index contributed by atoms with van der Waals surface area (Å²) in [7, 11) is -4.45. The number of unbranched alkanes of at least 4 members (excludes halogenated alkanes) is 16. The standard InChI is InChI=1S/C49H86NO12P/c1-5-7-19-25-40(51)31-32-43-42(44(52)35-45(43)53)26-21-17-18-23-29-48(54)58-36-41(37-60-63(56,57)59-34-33-50)61-49(55)30-24-16-14-12-10-9-11-13-15-22-28-47-39(4)38(3)46(62-47)27-20-8-6-2/h31-32,40-43,45,51,53H,5-30,33-37,50H2,1-4H3,(H,56,57)/b32-31+/t40-,41+,42+,43+,45+/m0/s1. The third-order valence-electron chi connectivity index (χ3n) is 12.2. The van der Waals surface area contributed by atoms with E-state index in [1.165, 1.54) is 67.6 Å². The van der Waals surface area contributed by atoms with Crippen LogP contribution in [0.4, 0.5) is 0 Å². The molecule has 0 radical (unpaired) electrons. The number of aliphatic hydroxyl groups excluding tert-OH is 2. The molecular weight excluding hydrogens is 826 g/mol. The number of carbonyl (C=O) groups excluding carboxylic acids is 3. The van der Waals surface area contributed by atoms with Crippen LogP contribution in [0.5, 0.6) is 0 Å². The first-order valence-electron chi connectivity index (χ1n) is 24.6. The molecule has 1 unspecified atom stereocenters. The van der Waals surface area contributed by atoms with Crippen LogP contribution in [0.3, 0.4) is 0 Å². The number of Topliss-reactive ketones (excluding diaryl/α,β-unsaturated/α-hetero) is 1. The van der Waals surface area contributed by atoms with Crippen LogP contribution in [-0.4, -0.2) is 77.5 Å². The van der Waals surface area contributed by atoms with Gasteiger partial charge in [-0.25, -0.2) is 4.57 Å². The van der Waals surface area contributed by atoms with E-state index in [2.05, 4.69) is 27.7 Å². The maximum atomic E-state index is 12.7. The predicted octanol–water partition coefficient (Wildman–Crippen LogP) is 10.4. The average molecular weight is 912 g/mol. The Hall–Kier alpha value is -2.38. The fourth-order valence-electron chi connectivity index (χ4n) is 8.24. The third kappa shape index (κ3) is 25.2. The minimum Gasteiger partial charge on any atom is -0.466 e. The topological polar surface area (TPSA) is 205 Å². The van der Waals surface area contributed by atoms with Crippen molar-refractivity contribution in [2.24, 2.45) is 17.6 Å². The number of hydrogen-bond donors (Lipinski definition) is 4. The molecule has 1 aromatic rings. The van der Waals surface area contributed by atoms with Gasteiger partial charge in [-0.2, -0.15) is 0 Å². The van der Waals surface area contributed by atoms with Gasteiger partial charge in [0.2, 0.25) is 0 Å². The number of ether oxygens (including phenoxy) is 2. The maximum Gasteiger partial charge on any atom is 0.472 e. The molecular formula is C49H86NO12P. The molecule has 1 aromatic heterocycles. The molecule has 0 amide bonds. The van der Waals surface area contributed by atoms with E-state index >= 15 is 0 Å². The van der Waals surface area contributed by atoms with Crippen LogP contribution in [0.25, 0.3) is 0 Å². The minimum absolute atomic E-state index is 0.0144. The lowest BCUT2D eigenvalue weighted by Gasteiger charge is -2.20. The molecule has 0 saturated heterocycles. The highest BCUT2D eigenvalue weighted by molar-refractivity contribution is 7.47. The van der Waals surface area contributed by atoms with Crippen LogP contribution in [-0.2, 0) is 50.3 Å². The summed E-state index contributed by atoms with van der Waals surface area (Å²) in [5.41, 5.74) is 8.02. The number of ketones is 1. The highest BCUT2D eigenvalue weighted by atomic mass is 31.2. The number of furan rings is 1. The van der Waals surface area contributed by atoms with Crippen molar-refractivity contribution in [3.05, 3.63) is 34.8 Å². The molecule has 1 aliphatic carbocycles. The van der Waals surface area contributed by atoms with Gasteiger partial charge in [0.25, 0.3) is 0 Å². The van der Waals surface area contributed by atoms with Crippen LogP contribution >= 0.6 is 7.82 Å². The number of carbonyl (C=O) groups is 3. The Balaban J connectivity index is 1.63. The first-order chi connectivity index (χ1) is 30.3. The monoisotopic (exact) mass is 912 g/mol. The second-order valence-corrected chi connectivity index (χ2v) is 19.1. The van der Waals surface area contributed by atoms with Gasteiger partial charge >= 0.3 is 19.8 Å². The van der Waals surface area contributed by atoms with Gasteiger partial charge in [0.05, 0.1) is 25.4 Å². The largest absolute Gasteiger partial charge is 0.472 e. The molecule has 6 atom stereocenters. The summed E-state index contributed by atoms with van der Waals surface area (Å²) in [4.78, 5) is 47.9. The van der Waals surface area contributed by atoms with E-state index in [4.69, 9.17) is 28.7 Å². The van der Waals surface area contributed by atoms with Crippen LogP contribution in [0.1, 0.15) is 197 Å². The molecule has 14 heteroatoms. The number of aliphatic hydroxyl groups is 2. The van der Waals surface area contributed by atoms with Crippen molar-refractivity contribution < 1.29 is 57.0 Å². The van der Waals surface area contributed by atoms with E-state index in [-0.39, 0.29) is 56.6 Å². The normalized spacial score (nSPS) is 18.5. The number of nitrogens with two attached hydrogens (primary N) is 1. The van der Waals surface area contributed by atoms with Crippen molar-refractivity contribution in [2.45, 2.75) is 219 Å². The summed E-state index contributed by atoms with van der Waals surface area (Å²) in [6, 6.07) is 0. The van der Waals surface area contributed by atoms with Crippen LogP contribution in [0.15, 0.2) is 16.6 Å². The Morgan fingerprint density at radius 2 is 1.32 bits per heavy atom. The highest BCUT2D eigenvalue weighted by Gasteiger charge is 2.39. The lowest BCUT2D eigenvalue weighted by atomic mass is 9.88. The van der Waals surface area contributed by atoms with Crippen molar-refractivity contribution in [2.75, 3.05) is 26.4 Å². The molecule has 0 aliphatic heterocycles. The SMILES string of the molecule is CCCCCc1oc(CCCCCCCCCCCCC(=O)O[C@H](COC(=O)CCCCCC[C@H]2C(=O)C[C@@H](O)[C@@H]2/C=C/[C@@H](O)CCCCC)COP(=O)(O)OCCN)c(C)c1C. The molecule has 1 heterocycles. The summed E-state index contributed by atoms with van der Waals surface area (Å²) >= 11 is 0. The molecule has 13 nitrogen and oxygen atoms in total. The molecule has 1 saturated carbocycles. The summed E-state index contributed by atoms with van der Waals surface area (Å²) in [6.45, 7) is 7.70. The fourth-order valence-corrected chi connectivity index (χ4v) is 9.00. The van der Waals surface area contributed by atoms with Crippen molar-refractivity contribution >= 4 is 25.5 Å². The average Bonchev–Trinajstić information content (AvgIpc) is 3.68. The Labute approximate surface area is 379 Å². The molecule has 0 spiro atoms. The van der Waals surface area contributed by atoms with Gasteiger partial charge in [-0.05, 0) is 63.5 Å². The number of hydrogen-bond acceptors (Lipinski definition) is 12. The van der Waals surface area contributed by atoms with E-state index in [0.717, 1.165) is 83.5 Å². The van der Waals surface area contributed by atoms with E-state index in [9.17, 15) is 34.1 Å². The zero-order valence-corrected chi connectivity index (χ0v) is 40.4. The zero-order valence-electron chi connectivity index (χ0n) is 39.5. The number of rotatable bonds is 39. The molecule has 5 N–H and O–H groups in total. The quantitative estimate of drug-likeness (QED) is 0.0210. The second kappa shape index (κ2) is 34.0. The molecule has 0 aromatic carbocycles. The van der Waals surface area contributed by atoms with Gasteiger partial charge in [-0.15, -0.1) is 0 Å². The molecule has 364 valence electrons. The van der Waals surface area contributed by atoms with E-state index < -0.39 is 44.7 Å². The summed E-state index contributed by atoms with van der Waals surface area (Å²) in [6.07, 6.45) is 25.3. The molecule has 1 aliphatic rings. The maximum absolute atomic E-state index is 12.7. The molecule has 0 bridgehead atoms. The van der Waals surface area contributed by atoms with Gasteiger partial charge in [-0.3, -0.25) is 23.4 Å². The lowest BCUT2D eigenvalue weighted by molar-refractivity contribution is -0.161. The van der Waals surface area contributed by atoms with Gasteiger partial charge in [0.15, 0.2) is 6.10 Å². The van der Waals surface area contributed by atoms with Gasteiger partial charge in [0.1, 0.15) is 23.9 Å². The Bertz CT molecular complexity index is 1480. The summed E-state index contributed by atoms with van der Waals surface area (Å²) in [5, 5.41) is 20.7. The van der Waals surface area contributed by atoms with Crippen molar-refractivity contribution in [3.63, 3.8) is 0 Å². The predicted molar refractivity (Wildman–Crippen MR) is 247 cm³/mol. The smallest absolute Gasteiger partial charge is 0.466 e. The van der Waals surface area contributed by atoms with E-state index in [1.807, 2.05) is 6.08 Å². The number of esters is 2. The number of aryl methyl sites for hydroxylation is 2. The van der Waals surface area contributed by atoms with Gasteiger partial charge in [-0.1, -0.05) is 129 Å². The van der Waals surface area contributed by atoms with Crippen LogP contribution in [0, 0.1) is 25.7 Å². The second-order valence-electron chi connectivity index (χ2n) is 17.7. The Morgan fingerprint density at radius 3 is 1.92 bits per heavy atom. The minimum atomic E-state index is -4.45. The Kier molecular flexibility index (Phi) is 30.6.